The molecule has 2 atom stereocenters. The van der Waals surface area contributed by atoms with Gasteiger partial charge in [-0.3, -0.25) is 4.57 Å². The molecule has 1 aliphatic rings. The summed E-state index contributed by atoms with van der Waals surface area (Å²) in [7, 11) is 0. The van der Waals surface area contributed by atoms with Crippen LogP contribution >= 0.6 is 23.6 Å². The number of quaternary nitrogens is 1. The van der Waals surface area contributed by atoms with E-state index in [0.29, 0.717) is 6.04 Å². The molecular formula is C21H22N5S2+. The van der Waals surface area contributed by atoms with E-state index in [9.17, 15) is 0 Å². The minimum atomic E-state index is 0.419. The molecule has 3 heterocycles. The third kappa shape index (κ3) is 3.09. The third-order valence-electron chi connectivity index (χ3n) is 5.55. The summed E-state index contributed by atoms with van der Waals surface area (Å²) in [4.78, 5) is 6.40. The Hall–Kier alpha value is -2.35. The van der Waals surface area contributed by atoms with E-state index in [4.69, 9.17) is 17.2 Å². The number of thiazole rings is 1. The molecule has 1 saturated heterocycles. The molecule has 1 aliphatic heterocycles. The first-order chi connectivity index (χ1) is 13.7. The van der Waals surface area contributed by atoms with Crippen LogP contribution in [0.5, 0.6) is 0 Å². The van der Waals surface area contributed by atoms with Crippen molar-refractivity contribution in [3.05, 3.63) is 70.2 Å². The van der Waals surface area contributed by atoms with E-state index >= 15 is 0 Å². The van der Waals surface area contributed by atoms with Crippen LogP contribution in [0, 0.1) is 11.7 Å². The Balaban J connectivity index is 1.43. The fraction of sp³-hybridized carbons (Fsp3) is 0.286. The van der Waals surface area contributed by atoms with Crippen LogP contribution in [0.4, 0.5) is 0 Å². The van der Waals surface area contributed by atoms with Crippen LogP contribution in [-0.4, -0.2) is 25.9 Å². The zero-order valence-corrected chi connectivity index (χ0v) is 17.3. The number of nitrogens with one attached hydrogen (secondary N) is 1. The number of hydrogen-bond donors (Lipinski definition) is 1. The minimum Gasteiger partial charge on any atom is -0.308 e. The first-order valence-electron chi connectivity index (χ1n) is 9.61. The maximum Gasteiger partial charge on any atom is 0.207 e. The first-order valence-corrected chi connectivity index (χ1v) is 10.8. The Morgan fingerprint density at radius 1 is 1.18 bits per heavy atom. The summed E-state index contributed by atoms with van der Waals surface area (Å²) < 4.78 is 5.98. The zero-order valence-electron chi connectivity index (χ0n) is 15.7. The molecule has 28 heavy (non-hydrogen) atoms. The summed E-state index contributed by atoms with van der Waals surface area (Å²) in [6.45, 7) is 4.00. The van der Waals surface area contributed by atoms with Crippen molar-refractivity contribution in [2.45, 2.75) is 32.5 Å². The van der Waals surface area contributed by atoms with Gasteiger partial charge in [-0.1, -0.05) is 30.3 Å². The van der Waals surface area contributed by atoms with E-state index in [1.807, 2.05) is 39.0 Å². The van der Waals surface area contributed by atoms with Crippen molar-refractivity contribution in [1.82, 2.24) is 19.3 Å². The van der Waals surface area contributed by atoms with Gasteiger partial charge in [0.05, 0.1) is 22.4 Å². The number of likely N-dealkylation sites (tertiary alicyclic amines) is 1. The van der Waals surface area contributed by atoms with Crippen LogP contribution in [0.1, 0.15) is 29.5 Å². The standard InChI is InChI=1S/C21H21N5S2/c1-15-7-2-4-9-17(15)25-13-22-26(21(25)27)14-24-12-6-10-18(24)20-23-16-8-3-5-11-19(16)28-20/h2-5,7-9,11,13,18H,6,10,12,14H2,1H3/p+1/t18-/m0/s1. The summed E-state index contributed by atoms with van der Waals surface area (Å²) in [5.74, 6) is 0. The van der Waals surface area contributed by atoms with Crippen LogP contribution in [0.2, 0.25) is 0 Å². The van der Waals surface area contributed by atoms with Gasteiger partial charge < -0.3 is 4.90 Å². The van der Waals surface area contributed by atoms with Gasteiger partial charge in [0, 0.05) is 12.8 Å². The molecular weight excluding hydrogens is 386 g/mol. The monoisotopic (exact) mass is 408 g/mol. The normalized spacial score (nSPS) is 19.5. The number of fused-ring (bicyclic) bond motifs is 1. The van der Waals surface area contributed by atoms with Gasteiger partial charge in [0.25, 0.3) is 0 Å². The smallest absolute Gasteiger partial charge is 0.207 e. The van der Waals surface area contributed by atoms with Crippen LogP contribution in [0.3, 0.4) is 0 Å². The number of para-hydroxylation sites is 2. The SMILES string of the molecule is Cc1ccccc1-n1cnn(C[NH+]2CCC[C@H]2c2nc3ccccc3s2)c1=S. The molecule has 4 aromatic rings. The lowest BCUT2D eigenvalue weighted by atomic mass is 10.2. The molecule has 5 rings (SSSR count). The van der Waals surface area contributed by atoms with Gasteiger partial charge in [-0.15, -0.1) is 11.3 Å². The predicted molar refractivity (Wildman–Crippen MR) is 115 cm³/mol. The zero-order chi connectivity index (χ0) is 19.1. The molecule has 1 fully saturated rings. The van der Waals surface area contributed by atoms with Crippen molar-refractivity contribution in [2.75, 3.05) is 6.54 Å². The number of hydrogen-bond acceptors (Lipinski definition) is 4. The van der Waals surface area contributed by atoms with Gasteiger partial charge in [0.15, 0.2) is 11.7 Å². The summed E-state index contributed by atoms with van der Waals surface area (Å²) in [5.41, 5.74) is 3.39. The summed E-state index contributed by atoms with van der Waals surface area (Å²) >= 11 is 7.57. The Morgan fingerprint density at radius 3 is 2.86 bits per heavy atom. The second-order valence-corrected chi connectivity index (χ2v) is 8.78. The molecule has 0 spiro atoms. The van der Waals surface area contributed by atoms with Gasteiger partial charge in [0.1, 0.15) is 12.4 Å². The van der Waals surface area contributed by atoms with Gasteiger partial charge in [-0.25, -0.2) is 4.98 Å². The second kappa shape index (κ2) is 7.24. The van der Waals surface area contributed by atoms with Crippen LogP contribution in [0.15, 0.2) is 54.9 Å². The average molecular weight is 409 g/mol. The van der Waals surface area contributed by atoms with E-state index in [1.54, 1.807) is 0 Å². The maximum absolute atomic E-state index is 5.75. The predicted octanol–water partition coefficient (Wildman–Crippen LogP) is 3.70. The highest BCUT2D eigenvalue weighted by Crippen LogP contribution is 2.28. The Labute approximate surface area is 172 Å². The molecule has 0 bridgehead atoms. The topological polar surface area (TPSA) is 40.1 Å². The molecule has 1 unspecified atom stereocenters. The summed E-state index contributed by atoms with van der Waals surface area (Å²) in [6.07, 6.45) is 4.22. The van der Waals surface area contributed by atoms with E-state index in [1.165, 1.54) is 33.0 Å². The van der Waals surface area contributed by atoms with Crippen molar-refractivity contribution in [2.24, 2.45) is 0 Å². The number of benzene rings is 2. The van der Waals surface area contributed by atoms with E-state index in [2.05, 4.69) is 48.4 Å². The fourth-order valence-electron chi connectivity index (χ4n) is 4.07. The van der Waals surface area contributed by atoms with Crippen molar-refractivity contribution < 1.29 is 4.90 Å². The highest BCUT2D eigenvalue weighted by molar-refractivity contribution is 7.71. The van der Waals surface area contributed by atoms with Crippen LogP contribution < -0.4 is 4.90 Å². The lowest BCUT2D eigenvalue weighted by Crippen LogP contribution is -3.09. The number of aromatic nitrogens is 4. The Kier molecular flexibility index (Phi) is 4.58. The molecule has 2 aromatic carbocycles. The van der Waals surface area contributed by atoms with Crippen molar-refractivity contribution >= 4 is 33.8 Å². The van der Waals surface area contributed by atoms with Crippen LogP contribution in [-0.2, 0) is 6.67 Å². The van der Waals surface area contributed by atoms with Gasteiger partial charge in [0.2, 0.25) is 4.77 Å². The minimum absolute atomic E-state index is 0.419. The Morgan fingerprint density at radius 2 is 2.00 bits per heavy atom. The lowest BCUT2D eigenvalue weighted by molar-refractivity contribution is -0.941. The molecule has 0 saturated carbocycles. The Bertz CT molecular complexity index is 1160. The molecule has 1 N–H and O–H groups in total. The number of rotatable bonds is 4. The third-order valence-corrected chi connectivity index (χ3v) is 7.11. The van der Waals surface area contributed by atoms with Crippen molar-refractivity contribution in [3.8, 4) is 5.69 Å². The molecule has 0 radical (unpaired) electrons. The van der Waals surface area contributed by atoms with Gasteiger partial charge in [-0.05, 0) is 42.9 Å². The van der Waals surface area contributed by atoms with E-state index in [0.717, 1.165) is 29.2 Å². The highest BCUT2D eigenvalue weighted by atomic mass is 32.1. The maximum atomic E-state index is 5.75. The largest absolute Gasteiger partial charge is 0.308 e. The van der Waals surface area contributed by atoms with E-state index in [-0.39, 0.29) is 0 Å². The van der Waals surface area contributed by atoms with Gasteiger partial charge in [-0.2, -0.15) is 9.78 Å². The van der Waals surface area contributed by atoms with Crippen molar-refractivity contribution in [1.29, 1.82) is 0 Å². The van der Waals surface area contributed by atoms with Crippen molar-refractivity contribution in [3.63, 3.8) is 0 Å². The van der Waals surface area contributed by atoms with Crippen LogP contribution in [0.25, 0.3) is 15.9 Å². The fourth-order valence-corrected chi connectivity index (χ4v) is 5.49. The average Bonchev–Trinajstić information content (AvgIpc) is 3.42. The highest BCUT2D eigenvalue weighted by Gasteiger charge is 2.33. The molecule has 0 amide bonds. The van der Waals surface area contributed by atoms with E-state index < -0.39 is 0 Å². The second-order valence-electron chi connectivity index (χ2n) is 7.35. The molecule has 0 aliphatic carbocycles. The quantitative estimate of drug-likeness (QED) is 0.524. The molecule has 142 valence electrons. The summed E-state index contributed by atoms with van der Waals surface area (Å²) in [6, 6.07) is 17.1. The molecule has 2 aromatic heterocycles. The van der Waals surface area contributed by atoms with Gasteiger partial charge >= 0.3 is 0 Å². The molecule has 7 heteroatoms. The number of nitrogens with zero attached hydrogens (tertiary/aromatic N) is 4. The number of aryl methyl sites for hydroxylation is 1. The molecule has 5 nitrogen and oxygen atoms in total. The first kappa shape index (κ1) is 17.7. The lowest BCUT2D eigenvalue weighted by Gasteiger charge is -2.19. The summed E-state index contributed by atoms with van der Waals surface area (Å²) in [5, 5.41) is 5.84.